The molecule has 0 aliphatic rings. The minimum absolute atomic E-state index is 0.0197. The van der Waals surface area contributed by atoms with Crippen molar-refractivity contribution in [2.24, 2.45) is 0 Å². The topological polar surface area (TPSA) is 68.0 Å². The van der Waals surface area contributed by atoms with Crippen LogP contribution in [0.4, 0.5) is 0 Å². The van der Waals surface area contributed by atoms with Gasteiger partial charge in [0.15, 0.2) is 11.0 Å². The normalized spacial score (nSPS) is 10.6. The van der Waals surface area contributed by atoms with Gasteiger partial charge in [0.1, 0.15) is 0 Å². The second-order valence-corrected chi connectivity index (χ2v) is 5.51. The van der Waals surface area contributed by atoms with Gasteiger partial charge in [0.2, 0.25) is 0 Å². The van der Waals surface area contributed by atoms with Gasteiger partial charge in [-0.2, -0.15) is 0 Å². The number of hydrogen-bond acceptors (Lipinski definition) is 4. The summed E-state index contributed by atoms with van der Waals surface area (Å²) in [6.07, 6.45) is 0. The Morgan fingerprint density at radius 3 is 2.79 bits per heavy atom. The van der Waals surface area contributed by atoms with Crippen LogP contribution < -0.4 is 0 Å². The lowest BCUT2D eigenvalue weighted by atomic mass is 10.2. The average molecular weight is 342 g/mol. The summed E-state index contributed by atoms with van der Waals surface area (Å²) in [7, 11) is 0. The van der Waals surface area contributed by atoms with E-state index in [0.29, 0.717) is 11.7 Å². The fourth-order valence-corrected chi connectivity index (χ4v) is 2.83. The molecule has 2 aromatic rings. The number of rotatable bonds is 5. The lowest BCUT2D eigenvalue weighted by Crippen LogP contribution is -2.03. The summed E-state index contributed by atoms with van der Waals surface area (Å²) in [6, 6.07) is 7.75. The van der Waals surface area contributed by atoms with Crippen LogP contribution in [0.1, 0.15) is 6.92 Å². The molecule has 1 aromatic carbocycles. The largest absolute Gasteiger partial charge is 0.481 e. The number of carboxylic acid groups (broad SMARTS) is 1. The van der Waals surface area contributed by atoms with E-state index in [9.17, 15) is 4.79 Å². The molecule has 1 heterocycles. The molecule has 19 heavy (non-hydrogen) atoms. The monoisotopic (exact) mass is 341 g/mol. The van der Waals surface area contributed by atoms with Gasteiger partial charge in [-0.3, -0.25) is 4.79 Å². The molecule has 0 amide bonds. The molecule has 1 N–H and O–H groups in total. The summed E-state index contributed by atoms with van der Waals surface area (Å²) < 4.78 is 2.85. The van der Waals surface area contributed by atoms with Crippen LogP contribution in [0.15, 0.2) is 33.9 Å². The van der Waals surface area contributed by atoms with Crippen LogP contribution in [0.2, 0.25) is 0 Å². The third-order valence-corrected chi connectivity index (χ3v) is 4.12. The Balaban J connectivity index is 2.37. The van der Waals surface area contributed by atoms with Gasteiger partial charge in [-0.05, 0) is 13.0 Å². The summed E-state index contributed by atoms with van der Waals surface area (Å²) >= 11 is 4.66. The summed E-state index contributed by atoms with van der Waals surface area (Å²) in [4.78, 5) is 10.6. The first-order valence-electron chi connectivity index (χ1n) is 5.66. The molecule has 5 nitrogen and oxygen atoms in total. The average Bonchev–Trinajstić information content (AvgIpc) is 2.79. The fraction of sp³-hybridized carbons (Fsp3) is 0.250. The molecule has 0 atom stereocenters. The summed E-state index contributed by atoms with van der Waals surface area (Å²) in [5.74, 6) is -0.144. The second kappa shape index (κ2) is 6.21. The van der Waals surface area contributed by atoms with Crippen molar-refractivity contribution in [1.82, 2.24) is 14.8 Å². The van der Waals surface area contributed by atoms with Crippen molar-refractivity contribution < 1.29 is 9.90 Å². The molecular formula is C12H12BrN3O2S. The van der Waals surface area contributed by atoms with E-state index in [2.05, 4.69) is 26.1 Å². The van der Waals surface area contributed by atoms with Gasteiger partial charge in [0, 0.05) is 16.6 Å². The van der Waals surface area contributed by atoms with Crippen LogP contribution >= 0.6 is 27.7 Å². The molecule has 0 bridgehead atoms. The first kappa shape index (κ1) is 14.1. The third-order valence-electron chi connectivity index (χ3n) is 2.47. The van der Waals surface area contributed by atoms with Crippen LogP contribution in [-0.2, 0) is 11.3 Å². The molecule has 100 valence electrons. The molecular weight excluding hydrogens is 330 g/mol. The Morgan fingerprint density at radius 1 is 1.42 bits per heavy atom. The number of hydrogen-bond donors (Lipinski definition) is 1. The molecule has 0 aliphatic carbocycles. The van der Waals surface area contributed by atoms with E-state index in [0.717, 1.165) is 15.9 Å². The fourth-order valence-electron chi connectivity index (χ4n) is 1.65. The maximum atomic E-state index is 10.6. The number of aliphatic carboxylic acids is 1. The van der Waals surface area contributed by atoms with E-state index in [1.807, 2.05) is 35.8 Å². The molecule has 0 aliphatic heterocycles. The molecule has 0 spiro atoms. The Morgan fingerprint density at radius 2 is 2.16 bits per heavy atom. The molecule has 0 unspecified atom stereocenters. The van der Waals surface area contributed by atoms with Gasteiger partial charge in [-0.25, -0.2) is 0 Å². The Labute approximate surface area is 123 Å². The molecule has 0 saturated heterocycles. The maximum absolute atomic E-state index is 10.6. The van der Waals surface area contributed by atoms with Crippen molar-refractivity contribution in [3.05, 3.63) is 28.7 Å². The zero-order valence-corrected chi connectivity index (χ0v) is 12.6. The smallest absolute Gasteiger partial charge is 0.313 e. The molecule has 0 saturated carbocycles. The summed E-state index contributed by atoms with van der Waals surface area (Å²) in [5.41, 5.74) is 0.944. The zero-order valence-electron chi connectivity index (χ0n) is 10.2. The van der Waals surface area contributed by atoms with Crippen LogP contribution in [0.5, 0.6) is 0 Å². The van der Waals surface area contributed by atoms with E-state index >= 15 is 0 Å². The highest BCUT2D eigenvalue weighted by Crippen LogP contribution is 2.29. The van der Waals surface area contributed by atoms with Gasteiger partial charge in [-0.1, -0.05) is 45.9 Å². The standard InChI is InChI=1S/C12H12BrN3O2S/c1-2-16-11(8-5-3-4-6-9(8)13)14-15-12(16)19-7-10(17)18/h3-6H,2,7H2,1H3,(H,17,18). The quantitative estimate of drug-likeness (QED) is 0.847. The van der Waals surface area contributed by atoms with Crippen molar-refractivity contribution in [2.75, 3.05) is 5.75 Å². The number of carbonyl (C=O) groups is 1. The third kappa shape index (κ3) is 3.16. The molecule has 2 rings (SSSR count). The van der Waals surface area contributed by atoms with E-state index in [1.54, 1.807) is 0 Å². The Bertz CT molecular complexity index is 600. The zero-order chi connectivity index (χ0) is 13.8. The highest BCUT2D eigenvalue weighted by molar-refractivity contribution is 9.10. The van der Waals surface area contributed by atoms with Gasteiger partial charge in [0.05, 0.1) is 5.75 Å². The number of carboxylic acids is 1. The minimum Gasteiger partial charge on any atom is -0.481 e. The molecule has 1 aromatic heterocycles. The van der Waals surface area contributed by atoms with Gasteiger partial charge >= 0.3 is 5.97 Å². The lowest BCUT2D eigenvalue weighted by Gasteiger charge is -2.07. The van der Waals surface area contributed by atoms with Crippen LogP contribution in [0, 0.1) is 0 Å². The lowest BCUT2D eigenvalue weighted by molar-refractivity contribution is -0.133. The predicted octanol–water partition coefficient (Wildman–Crippen LogP) is 2.90. The van der Waals surface area contributed by atoms with E-state index < -0.39 is 5.97 Å². The molecule has 0 fully saturated rings. The maximum Gasteiger partial charge on any atom is 0.313 e. The first-order valence-corrected chi connectivity index (χ1v) is 7.44. The first-order chi connectivity index (χ1) is 9.13. The highest BCUT2D eigenvalue weighted by Gasteiger charge is 2.15. The number of aromatic nitrogens is 3. The van der Waals surface area contributed by atoms with Gasteiger partial charge < -0.3 is 9.67 Å². The van der Waals surface area contributed by atoms with Crippen molar-refractivity contribution >= 4 is 33.7 Å². The van der Waals surface area contributed by atoms with Gasteiger partial charge in [-0.15, -0.1) is 10.2 Å². The van der Waals surface area contributed by atoms with Crippen LogP contribution in [0.3, 0.4) is 0 Å². The number of nitrogens with zero attached hydrogens (tertiary/aromatic N) is 3. The van der Waals surface area contributed by atoms with E-state index in [4.69, 9.17) is 5.11 Å². The number of benzene rings is 1. The number of halogens is 1. The van der Waals surface area contributed by atoms with Crippen LogP contribution in [-0.4, -0.2) is 31.6 Å². The van der Waals surface area contributed by atoms with Gasteiger partial charge in [0.25, 0.3) is 0 Å². The van der Waals surface area contributed by atoms with Crippen molar-refractivity contribution in [2.45, 2.75) is 18.6 Å². The summed E-state index contributed by atoms with van der Waals surface area (Å²) in [6.45, 7) is 2.67. The molecule has 0 radical (unpaired) electrons. The van der Waals surface area contributed by atoms with E-state index in [1.165, 1.54) is 11.8 Å². The van der Waals surface area contributed by atoms with E-state index in [-0.39, 0.29) is 5.75 Å². The van der Waals surface area contributed by atoms with Crippen molar-refractivity contribution in [3.63, 3.8) is 0 Å². The molecule has 7 heteroatoms. The second-order valence-electron chi connectivity index (χ2n) is 3.71. The SMILES string of the molecule is CCn1c(SCC(=O)O)nnc1-c1ccccc1Br. The highest BCUT2D eigenvalue weighted by atomic mass is 79.9. The van der Waals surface area contributed by atoms with Crippen molar-refractivity contribution in [1.29, 1.82) is 0 Å². The Hall–Kier alpha value is -1.34. The Kier molecular flexibility index (Phi) is 4.60. The number of thioether (sulfide) groups is 1. The predicted molar refractivity (Wildman–Crippen MR) is 77.2 cm³/mol. The van der Waals surface area contributed by atoms with Crippen molar-refractivity contribution in [3.8, 4) is 11.4 Å². The van der Waals surface area contributed by atoms with Crippen LogP contribution in [0.25, 0.3) is 11.4 Å². The minimum atomic E-state index is -0.863. The summed E-state index contributed by atoms with van der Waals surface area (Å²) in [5, 5.41) is 17.6.